The largest absolute Gasteiger partial charge is 0.490 e. The summed E-state index contributed by atoms with van der Waals surface area (Å²) in [5.41, 5.74) is 3.53. The van der Waals surface area contributed by atoms with E-state index in [0.717, 1.165) is 29.9 Å². The average Bonchev–Trinajstić information content (AvgIpc) is 3.35. The smallest absolute Gasteiger partial charge is 0.201 e. The van der Waals surface area contributed by atoms with E-state index in [1.54, 1.807) is 19.9 Å². The summed E-state index contributed by atoms with van der Waals surface area (Å²) in [5, 5.41) is 15.2. The van der Waals surface area contributed by atoms with Crippen LogP contribution in [0.15, 0.2) is 40.5 Å². The first-order valence-corrected chi connectivity index (χ1v) is 12.3. The van der Waals surface area contributed by atoms with E-state index in [0.29, 0.717) is 18.5 Å². The highest BCUT2D eigenvalue weighted by Crippen LogP contribution is 2.35. The molecule has 0 aliphatic carbocycles. The zero-order valence-electron chi connectivity index (χ0n) is 21.6. The molecule has 1 fully saturated rings. The van der Waals surface area contributed by atoms with Crippen molar-refractivity contribution in [2.75, 3.05) is 40.3 Å². The number of aliphatic imine (C=N–C) groups is 2. The lowest BCUT2D eigenvalue weighted by molar-refractivity contribution is 0.0902. The standard InChI is InChI=1S/C26H36F2N6O2/c1-16-19(25(32-33(16)5)31-15-26(2,3)35)10-11-36-24-20(7-8-21(27)23(24)28)17-6-9-22-30-13-18(12-29-4)34(22)14-17/h6-9,14,16,18-19,29,35H,10-13,15H2,1-5H3,(H,31,32). The van der Waals surface area contributed by atoms with Crippen LogP contribution in [-0.2, 0) is 0 Å². The first kappa shape index (κ1) is 26.2. The third-order valence-electron chi connectivity index (χ3n) is 6.76. The number of likely N-dealkylation sites (N-methyl/N-ethyl adjacent to an activating group) is 1. The van der Waals surface area contributed by atoms with Crippen LogP contribution < -0.4 is 15.5 Å². The van der Waals surface area contributed by atoms with Crippen molar-refractivity contribution in [1.29, 1.82) is 0 Å². The Bertz CT molecular complexity index is 1090. The molecule has 0 spiro atoms. The highest BCUT2D eigenvalue weighted by atomic mass is 19.2. The summed E-state index contributed by atoms with van der Waals surface area (Å²) in [6, 6.07) is 2.96. The molecule has 3 unspecified atom stereocenters. The minimum absolute atomic E-state index is 0.00289. The van der Waals surface area contributed by atoms with Crippen molar-refractivity contribution in [3.63, 3.8) is 0 Å². The number of hydrazine groups is 1. The number of halogens is 2. The Hall–Kier alpha value is -2.82. The van der Waals surface area contributed by atoms with Gasteiger partial charge in [0.2, 0.25) is 5.82 Å². The van der Waals surface area contributed by atoms with E-state index < -0.39 is 17.2 Å². The summed E-state index contributed by atoms with van der Waals surface area (Å²) in [6.45, 7) is 7.33. The second-order valence-electron chi connectivity index (χ2n) is 10.2. The third-order valence-corrected chi connectivity index (χ3v) is 6.76. The molecule has 10 heteroatoms. The second kappa shape index (κ2) is 10.7. The number of ether oxygens (including phenoxy) is 1. The molecule has 1 aromatic rings. The lowest BCUT2D eigenvalue weighted by Gasteiger charge is -2.27. The molecule has 0 saturated carbocycles. The van der Waals surface area contributed by atoms with Gasteiger partial charge in [-0.3, -0.25) is 9.98 Å². The van der Waals surface area contributed by atoms with Crippen LogP contribution in [-0.4, -0.2) is 84.7 Å². The van der Waals surface area contributed by atoms with Gasteiger partial charge in [-0.25, -0.2) is 9.40 Å². The zero-order chi connectivity index (χ0) is 26.0. The molecule has 3 aliphatic rings. The summed E-state index contributed by atoms with van der Waals surface area (Å²) >= 11 is 0. The van der Waals surface area contributed by atoms with Gasteiger partial charge in [-0.05, 0) is 58.5 Å². The monoisotopic (exact) mass is 502 g/mol. The SMILES string of the molecule is CNCC1CN=C2C=CC(c3ccc(F)c(F)c3OCCC3C(=NCC(C)(C)O)NN(C)C3C)=CN21. The summed E-state index contributed by atoms with van der Waals surface area (Å²) in [5.74, 6) is -0.443. The van der Waals surface area contributed by atoms with E-state index in [1.807, 2.05) is 37.5 Å². The minimum atomic E-state index is -1.000. The molecule has 4 rings (SSSR count). The molecule has 0 aromatic heterocycles. The first-order chi connectivity index (χ1) is 17.1. The number of nitrogens with one attached hydrogen (secondary N) is 2. The van der Waals surface area contributed by atoms with Gasteiger partial charge in [0, 0.05) is 42.9 Å². The van der Waals surface area contributed by atoms with E-state index in [1.165, 1.54) is 0 Å². The quantitative estimate of drug-likeness (QED) is 0.482. The summed E-state index contributed by atoms with van der Waals surface area (Å²) in [7, 11) is 3.82. The van der Waals surface area contributed by atoms with E-state index >= 15 is 0 Å². The van der Waals surface area contributed by atoms with E-state index in [4.69, 9.17) is 4.74 Å². The van der Waals surface area contributed by atoms with Crippen molar-refractivity contribution >= 4 is 17.2 Å². The topological polar surface area (TPSA) is 84.7 Å². The lowest BCUT2D eigenvalue weighted by atomic mass is 9.98. The van der Waals surface area contributed by atoms with Crippen LogP contribution in [0.4, 0.5) is 8.78 Å². The normalized spacial score (nSPS) is 25.2. The molecule has 1 saturated heterocycles. The third kappa shape index (κ3) is 5.61. The molecule has 3 atom stereocenters. The number of fused-ring (bicyclic) bond motifs is 1. The van der Waals surface area contributed by atoms with Gasteiger partial charge in [-0.1, -0.05) is 0 Å². The Morgan fingerprint density at radius 2 is 2.08 bits per heavy atom. The first-order valence-electron chi connectivity index (χ1n) is 12.3. The Morgan fingerprint density at radius 3 is 2.81 bits per heavy atom. The van der Waals surface area contributed by atoms with Crippen LogP contribution in [0.2, 0.25) is 0 Å². The van der Waals surface area contributed by atoms with Crippen molar-refractivity contribution in [3.8, 4) is 5.75 Å². The van der Waals surface area contributed by atoms with E-state index in [2.05, 4.69) is 32.6 Å². The molecular formula is C26H36F2N6O2. The van der Waals surface area contributed by atoms with E-state index in [-0.39, 0.29) is 36.9 Å². The van der Waals surface area contributed by atoms with Crippen molar-refractivity contribution < 1.29 is 18.6 Å². The van der Waals surface area contributed by atoms with Crippen molar-refractivity contribution in [3.05, 3.63) is 47.7 Å². The van der Waals surface area contributed by atoms with Gasteiger partial charge in [-0.2, -0.15) is 4.39 Å². The van der Waals surface area contributed by atoms with Crippen molar-refractivity contribution in [1.82, 2.24) is 20.7 Å². The predicted molar refractivity (Wildman–Crippen MR) is 138 cm³/mol. The van der Waals surface area contributed by atoms with Crippen LogP contribution in [0.5, 0.6) is 5.75 Å². The van der Waals surface area contributed by atoms with Crippen LogP contribution in [0, 0.1) is 17.6 Å². The number of aliphatic hydroxyl groups is 1. The number of hydrogen-bond acceptors (Lipinski definition) is 7. The van der Waals surface area contributed by atoms with Crippen LogP contribution >= 0.6 is 0 Å². The molecule has 3 aliphatic heterocycles. The Morgan fingerprint density at radius 1 is 1.31 bits per heavy atom. The van der Waals surface area contributed by atoms with Gasteiger partial charge in [0.05, 0.1) is 31.3 Å². The van der Waals surface area contributed by atoms with Gasteiger partial charge < -0.3 is 25.5 Å². The highest BCUT2D eigenvalue weighted by Gasteiger charge is 2.34. The summed E-state index contributed by atoms with van der Waals surface area (Å²) < 4.78 is 35.1. The number of allylic oxidation sites excluding steroid dienone is 2. The van der Waals surface area contributed by atoms with E-state index in [9.17, 15) is 13.9 Å². The molecule has 1 aromatic carbocycles. The van der Waals surface area contributed by atoms with Crippen LogP contribution in [0.1, 0.15) is 32.8 Å². The fourth-order valence-corrected chi connectivity index (χ4v) is 4.64. The zero-order valence-corrected chi connectivity index (χ0v) is 21.6. The maximum absolute atomic E-state index is 15.0. The molecule has 36 heavy (non-hydrogen) atoms. The average molecular weight is 503 g/mol. The Balaban J connectivity index is 1.52. The van der Waals surface area contributed by atoms with Crippen molar-refractivity contribution in [2.45, 2.75) is 44.9 Å². The number of amidine groups is 2. The second-order valence-corrected chi connectivity index (χ2v) is 10.2. The van der Waals surface area contributed by atoms with Crippen molar-refractivity contribution in [2.24, 2.45) is 15.9 Å². The molecule has 0 bridgehead atoms. The molecule has 0 radical (unpaired) electrons. The molecule has 196 valence electrons. The van der Waals surface area contributed by atoms with Crippen LogP contribution in [0.3, 0.4) is 0 Å². The number of nitrogens with zero attached hydrogens (tertiary/aromatic N) is 4. The van der Waals surface area contributed by atoms with Gasteiger partial charge in [-0.15, -0.1) is 0 Å². The Kier molecular flexibility index (Phi) is 7.77. The molecule has 0 amide bonds. The molecule has 8 nitrogen and oxygen atoms in total. The fraction of sp³-hybridized carbons (Fsp3) is 0.538. The molecule has 3 N–H and O–H groups in total. The maximum atomic E-state index is 15.0. The lowest BCUT2D eigenvalue weighted by Crippen LogP contribution is -2.39. The van der Waals surface area contributed by atoms with Gasteiger partial charge in [0.15, 0.2) is 11.6 Å². The number of rotatable bonds is 9. The van der Waals surface area contributed by atoms with Gasteiger partial charge in [0.1, 0.15) is 11.7 Å². The minimum Gasteiger partial charge on any atom is -0.490 e. The number of hydrogen-bond donors (Lipinski definition) is 3. The van der Waals surface area contributed by atoms with Crippen LogP contribution in [0.25, 0.3) is 5.57 Å². The Labute approximate surface area is 211 Å². The fourth-order valence-electron chi connectivity index (χ4n) is 4.64. The predicted octanol–water partition coefficient (Wildman–Crippen LogP) is 2.57. The highest BCUT2D eigenvalue weighted by molar-refractivity contribution is 6.01. The van der Waals surface area contributed by atoms with Gasteiger partial charge >= 0.3 is 0 Å². The summed E-state index contributed by atoms with van der Waals surface area (Å²) in [4.78, 5) is 11.2. The summed E-state index contributed by atoms with van der Waals surface area (Å²) in [6.07, 6.45) is 6.21. The van der Waals surface area contributed by atoms with Gasteiger partial charge in [0.25, 0.3) is 0 Å². The molecular weight excluding hydrogens is 466 g/mol. The maximum Gasteiger partial charge on any atom is 0.201 e. The number of benzene rings is 1. The molecule has 3 heterocycles.